The molecule has 0 radical (unpaired) electrons. The van der Waals surface area contributed by atoms with Crippen LogP contribution in [0.5, 0.6) is 0 Å². The number of aromatic nitrogens is 3. The number of amides is 1. The van der Waals surface area contributed by atoms with Gasteiger partial charge in [0, 0.05) is 19.2 Å². The van der Waals surface area contributed by atoms with E-state index in [1.807, 2.05) is 12.1 Å². The van der Waals surface area contributed by atoms with Gasteiger partial charge in [-0.3, -0.25) is 4.79 Å². The van der Waals surface area contributed by atoms with Crippen LogP contribution >= 0.6 is 0 Å². The fourth-order valence-corrected chi connectivity index (χ4v) is 3.24. The van der Waals surface area contributed by atoms with Crippen LogP contribution in [0.25, 0.3) is 5.69 Å². The van der Waals surface area contributed by atoms with E-state index in [0.717, 1.165) is 43.5 Å². The van der Waals surface area contributed by atoms with Gasteiger partial charge < -0.3 is 9.64 Å². The van der Waals surface area contributed by atoms with Crippen molar-refractivity contribution in [2.45, 2.75) is 38.3 Å². The van der Waals surface area contributed by atoms with Crippen molar-refractivity contribution < 1.29 is 9.53 Å². The van der Waals surface area contributed by atoms with Gasteiger partial charge in [-0.25, -0.2) is 9.67 Å². The molecule has 1 saturated carbocycles. The second-order valence-electron chi connectivity index (χ2n) is 6.62. The highest BCUT2D eigenvalue weighted by molar-refractivity contribution is 5.79. The van der Waals surface area contributed by atoms with Crippen molar-refractivity contribution >= 4 is 5.91 Å². The van der Waals surface area contributed by atoms with E-state index in [9.17, 15) is 4.79 Å². The van der Waals surface area contributed by atoms with E-state index >= 15 is 0 Å². The Kier molecular flexibility index (Phi) is 4.30. The molecule has 1 amide bonds. The van der Waals surface area contributed by atoms with E-state index in [4.69, 9.17) is 4.74 Å². The summed E-state index contributed by atoms with van der Waals surface area (Å²) in [6, 6.07) is 8.58. The topological polar surface area (TPSA) is 60.2 Å². The maximum Gasteiger partial charge on any atom is 0.228 e. The summed E-state index contributed by atoms with van der Waals surface area (Å²) in [6.07, 6.45) is 7.38. The van der Waals surface area contributed by atoms with E-state index in [0.29, 0.717) is 19.2 Å². The largest absolute Gasteiger partial charge is 0.381 e. The van der Waals surface area contributed by atoms with Crippen molar-refractivity contribution in [1.29, 1.82) is 0 Å². The van der Waals surface area contributed by atoms with Crippen molar-refractivity contribution in [2.75, 3.05) is 13.2 Å². The van der Waals surface area contributed by atoms with Crippen LogP contribution in [0.3, 0.4) is 0 Å². The predicted octanol–water partition coefficient (Wildman–Crippen LogP) is 2.18. The van der Waals surface area contributed by atoms with Crippen LogP contribution in [0.1, 0.15) is 31.2 Å². The van der Waals surface area contributed by atoms with Crippen molar-refractivity contribution in [3.8, 4) is 5.69 Å². The number of carbonyl (C=O) groups is 1. The van der Waals surface area contributed by atoms with E-state index in [1.54, 1.807) is 11.0 Å². The fourth-order valence-electron chi connectivity index (χ4n) is 3.24. The van der Waals surface area contributed by atoms with Crippen LogP contribution in [0.4, 0.5) is 0 Å². The van der Waals surface area contributed by atoms with E-state index in [2.05, 4.69) is 27.1 Å². The van der Waals surface area contributed by atoms with Crippen LogP contribution < -0.4 is 0 Å². The van der Waals surface area contributed by atoms with Gasteiger partial charge in [0.15, 0.2) is 0 Å². The van der Waals surface area contributed by atoms with E-state index in [1.165, 1.54) is 6.33 Å². The van der Waals surface area contributed by atoms with Crippen molar-refractivity contribution in [1.82, 2.24) is 19.7 Å². The Morgan fingerprint density at radius 1 is 1.25 bits per heavy atom. The summed E-state index contributed by atoms with van der Waals surface area (Å²) in [4.78, 5) is 18.9. The van der Waals surface area contributed by atoms with Gasteiger partial charge in [0.25, 0.3) is 0 Å². The number of hydrogen-bond acceptors (Lipinski definition) is 4. The Morgan fingerprint density at radius 2 is 2.08 bits per heavy atom. The molecule has 24 heavy (non-hydrogen) atoms. The second-order valence-corrected chi connectivity index (χ2v) is 6.62. The smallest absolute Gasteiger partial charge is 0.228 e. The maximum absolute atomic E-state index is 12.9. The van der Waals surface area contributed by atoms with Crippen LogP contribution in [0, 0.1) is 5.92 Å². The molecule has 1 aliphatic heterocycles. The highest BCUT2D eigenvalue weighted by atomic mass is 16.5. The third kappa shape index (κ3) is 3.33. The van der Waals surface area contributed by atoms with Gasteiger partial charge >= 0.3 is 0 Å². The van der Waals surface area contributed by atoms with Crippen LogP contribution in [0.15, 0.2) is 36.9 Å². The zero-order chi connectivity index (χ0) is 16.4. The van der Waals surface area contributed by atoms with E-state index < -0.39 is 0 Å². The molecule has 2 aromatic rings. The number of benzene rings is 1. The monoisotopic (exact) mass is 326 g/mol. The van der Waals surface area contributed by atoms with Crippen molar-refractivity contribution in [3.05, 3.63) is 42.5 Å². The van der Waals surface area contributed by atoms with Crippen LogP contribution in [0.2, 0.25) is 0 Å². The molecule has 0 bridgehead atoms. The molecule has 6 nitrogen and oxygen atoms in total. The Hall–Kier alpha value is -2.21. The summed E-state index contributed by atoms with van der Waals surface area (Å²) in [5.41, 5.74) is 2.12. The molecule has 126 valence electrons. The van der Waals surface area contributed by atoms with Gasteiger partial charge in [-0.1, -0.05) is 12.1 Å². The number of hydrogen-bond donors (Lipinski definition) is 0. The van der Waals surface area contributed by atoms with Gasteiger partial charge in [-0.05, 0) is 43.4 Å². The Labute approximate surface area is 141 Å². The highest BCUT2D eigenvalue weighted by Crippen LogP contribution is 2.31. The molecule has 1 aromatic heterocycles. The normalized spacial score (nSPS) is 20.8. The molecular formula is C18H22N4O2. The van der Waals surface area contributed by atoms with Gasteiger partial charge in [0.1, 0.15) is 12.7 Å². The first kappa shape index (κ1) is 15.3. The predicted molar refractivity (Wildman–Crippen MR) is 88.5 cm³/mol. The Morgan fingerprint density at radius 3 is 2.71 bits per heavy atom. The fraction of sp³-hybridized carbons (Fsp3) is 0.500. The molecule has 0 spiro atoms. The molecule has 6 heteroatoms. The molecular weight excluding hydrogens is 304 g/mol. The maximum atomic E-state index is 12.9. The zero-order valence-corrected chi connectivity index (χ0v) is 13.7. The Bertz CT molecular complexity index is 674. The molecule has 1 aromatic carbocycles. The molecule has 2 aliphatic rings. The van der Waals surface area contributed by atoms with Gasteiger partial charge in [0.05, 0.1) is 18.2 Å². The lowest BCUT2D eigenvalue weighted by Gasteiger charge is -2.29. The number of carbonyl (C=O) groups excluding carboxylic acids is 1. The first-order valence-electron chi connectivity index (χ1n) is 8.63. The average Bonchev–Trinajstić information content (AvgIpc) is 3.33. The minimum Gasteiger partial charge on any atom is -0.381 e. The Balaban J connectivity index is 1.46. The summed E-state index contributed by atoms with van der Waals surface area (Å²) in [7, 11) is 0. The molecule has 1 saturated heterocycles. The summed E-state index contributed by atoms with van der Waals surface area (Å²) >= 11 is 0. The molecule has 4 rings (SSSR count). The SMILES string of the molecule is O=C([C@H]1CCCOC1)N(Cc1ccc(-n2cncn2)cc1)C1CC1. The van der Waals surface area contributed by atoms with Crippen LogP contribution in [-0.2, 0) is 16.1 Å². The van der Waals surface area contributed by atoms with Crippen molar-refractivity contribution in [3.63, 3.8) is 0 Å². The molecule has 0 N–H and O–H groups in total. The van der Waals surface area contributed by atoms with Gasteiger partial charge in [-0.2, -0.15) is 5.10 Å². The number of rotatable bonds is 5. The van der Waals surface area contributed by atoms with Crippen molar-refractivity contribution in [2.24, 2.45) is 5.92 Å². The molecule has 1 atom stereocenters. The standard InChI is InChI=1S/C18H22N4O2/c23-18(15-2-1-9-24-11-15)21(16-7-8-16)10-14-3-5-17(6-4-14)22-13-19-12-20-22/h3-6,12-13,15-16H,1-2,7-11H2/t15-/m0/s1. The first-order chi connectivity index (χ1) is 11.8. The highest BCUT2D eigenvalue weighted by Gasteiger charge is 2.36. The number of nitrogens with zero attached hydrogens (tertiary/aromatic N) is 4. The lowest BCUT2D eigenvalue weighted by atomic mass is 10.00. The number of ether oxygens (including phenoxy) is 1. The summed E-state index contributed by atoms with van der Waals surface area (Å²) in [5, 5.41) is 4.13. The minimum atomic E-state index is 0.0359. The van der Waals surface area contributed by atoms with Gasteiger partial charge in [0.2, 0.25) is 5.91 Å². The average molecular weight is 326 g/mol. The summed E-state index contributed by atoms with van der Waals surface area (Å²) in [6.45, 7) is 2.04. The molecule has 1 aliphatic carbocycles. The summed E-state index contributed by atoms with van der Waals surface area (Å²) < 4.78 is 7.23. The minimum absolute atomic E-state index is 0.0359. The third-order valence-electron chi connectivity index (χ3n) is 4.75. The zero-order valence-electron chi connectivity index (χ0n) is 13.7. The molecule has 2 fully saturated rings. The first-order valence-corrected chi connectivity index (χ1v) is 8.63. The summed E-state index contributed by atoms with van der Waals surface area (Å²) in [5.74, 6) is 0.298. The quantitative estimate of drug-likeness (QED) is 0.845. The van der Waals surface area contributed by atoms with E-state index in [-0.39, 0.29) is 11.8 Å². The molecule has 2 heterocycles. The molecule has 0 unspecified atom stereocenters. The lowest BCUT2D eigenvalue weighted by Crippen LogP contribution is -2.40. The second kappa shape index (κ2) is 6.73. The lowest BCUT2D eigenvalue weighted by molar-refractivity contribution is -0.141. The van der Waals surface area contributed by atoms with Crippen LogP contribution in [-0.4, -0.2) is 44.8 Å². The third-order valence-corrected chi connectivity index (χ3v) is 4.75. The van der Waals surface area contributed by atoms with Gasteiger partial charge in [-0.15, -0.1) is 0 Å².